The van der Waals surface area contributed by atoms with Crippen molar-refractivity contribution in [3.05, 3.63) is 74.9 Å². The van der Waals surface area contributed by atoms with Crippen LogP contribution in [0.2, 0.25) is 5.02 Å². The van der Waals surface area contributed by atoms with E-state index in [9.17, 15) is 22.8 Å². The molecule has 0 aliphatic heterocycles. The van der Waals surface area contributed by atoms with Gasteiger partial charge in [0.1, 0.15) is 0 Å². The molecule has 3 aromatic rings. The van der Waals surface area contributed by atoms with Crippen molar-refractivity contribution in [2.24, 2.45) is 0 Å². The number of aromatic nitrogens is 1. The van der Waals surface area contributed by atoms with Gasteiger partial charge in [0.15, 0.2) is 17.5 Å². The molecule has 1 heterocycles. The molecule has 3 N–H and O–H groups in total. The molecule has 9 heteroatoms. The monoisotopic (exact) mass is 395 g/mol. The number of H-pyrrole nitrogens is 1. The van der Waals surface area contributed by atoms with Crippen LogP contribution in [0.1, 0.15) is 18.5 Å². The highest BCUT2D eigenvalue weighted by Gasteiger charge is 2.18. The van der Waals surface area contributed by atoms with E-state index >= 15 is 0 Å². The summed E-state index contributed by atoms with van der Waals surface area (Å²) in [5.74, 6) is -3.21. The van der Waals surface area contributed by atoms with Gasteiger partial charge in [0.2, 0.25) is 0 Å². The fourth-order valence-electron chi connectivity index (χ4n) is 2.70. The fraction of sp³-hybridized carbons (Fsp3) is 0.111. The fourth-order valence-corrected chi connectivity index (χ4v) is 2.87. The molecule has 0 spiro atoms. The van der Waals surface area contributed by atoms with E-state index in [0.717, 1.165) is 6.07 Å². The summed E-state index contributed by atoms with van der Waals surface area (Å²) in [7, 11) is 0. The Balaban J connectivity index is 1.88. The number of fused-ring (bicyclic) bond motifs is 1. The Morgan fingerprint density at radius 3 is 2.63 bits per heavy atom. The summed E-state index contributed by atoms with van der Waals surface area (Å²) in [5, 5.41) is 4.42. The van der Waals surface area contributed by atoms with Crippen LogP contribution in [0, 0.1) is 17.5 Å². The van der Waals surface area contributed by atoms with Crippen LogP contribution in [0.4, 0.5) is 23.7 Å². The smallest absolute Gasteiger partial charge is 0.319 e. The molecule has 1 unspecified atom stereocenters. The van der Waals surface area contributed by atoms with Crippen molar-refractivity contribution in [3.8, 4) is 0 Å². The summed E-state index contributed by atoms with van der Waals surface area (Å²) >= 11 is 5.66. The number of hydrogen-bond acceptors (Lipinski definition) is 2. The van der Waals surface area contributed by atoms with Crippen LogP contribution in [0.25, 0.3) is 10.8 Å². The van der Waals surface area contributed by atoms with Crippen molar-refractivity contribution >= 4 is 34.1 Å². The van der Waals surface area contributed by atoms with E-state index in [1.165, 1.54) is 30.5 Å². The first-order valence-electron chi connectivity index (χ1n) is 7.80. The summed E-state index contributed by atoms with van der Waals surface area (Å²) in [5.41, 5.74) is -0.555. The van der Waals surface area contributed by atoms with Crippen LogP contribution in [0.3, 0.4) is 0 Å². The van der Waals surface area contributed by atoms with Crippen molar-refractivity contribution < 1.29 is 18.0 Å². The Morgan fingerprint density at radius 2 is 1.89 bits per heavy atom. The van der Waals surface area contributed by atoms with E-state index in [4.69, 9.17) is 11.6 Å². The lowest BCUT2D eigenvalue weighted by molar-refractivity contribution is 0.249. The number of aromatic amines is 1. The lowest BCUT2D eigenvalue weighted by atomic mass is 10.0. The Bertz CT molecular complexity index is 1100. The van der Waals surface area contributed by atoms with Gasteiger partial charge < -0.3 is 15.6 Å². The van der Waals surface area contributed by atoms with Crippen molar-refractivity contribution in [3.63, 3.8) is 0 Å². The normalized spacial score (nSPS) is 12.0. The summed E-state index contributed by atoms with van der Waals surface area (Å²) in [6.45, 7) is 1.57. The molecule has 2 aromatic carbocycles. The molecule has 0 fully saturated rings. The number of pyridine rings is 1. The number of halogens is 4. The maximum Gasteiger partial charge on any atom is 0.319 e. The maximum atomic E-state index is 14.0. The molecule has 0 saturated heterocycles. The van der Waals surface area contributed by atoms with Gasteiger partial charge in [0.25, 0.3) is 5.56 Å². The number of rotatable bonds is 3. The third-order valence-electron chi connectivity index (χ3n) is 4.01. The zero-order chi connectivity index (χ0) is 19.7. The van der Waals surface area contributed by atoms with Gasteiger partial charge in [-0.05, 0) is 36.1 Å². The number of amides is 2. The van der Waals surface area contributed by atoms with E-state index in [0.29, 0.717) is 5.56 Å². The van der Waals surface area contributed by atoms with Crippen molar-refractivity contribution in [2.45, 2.75) is 13.0 Å². The Morgan fingerprint density at radius 1 is 1.15 bits per heavy atom. The zero-order valence-electron chi connectivity index (χ0n) is 13.9. The number of anilines is 1. The third kappa shape index (κ3) is 3.61. The minimum atomic E-state index is -1.27. The lowest BCUT2D eigenvalue weighted by Gasteiger charge is -2.17. The van der Waals surface area contributed by atoms with Gasteiger partial charge in [-0.25, -0.2) is 18.0 Å². The Labute approximate surface area is 156 Å². The second-order valence-corrected chi connectivity index (χ2v) is 6.19. The van der Waals surface area contributed by atoms with Crippen LogP contribution in [0.15, 0.2) is 41.3 Å². The standard InChI is InChI=1S/C18H13ClF3N3O2/c1-8(24-18(27)25-13-4-2-3-11(19)15(13)21)10-7-23-17(26)14-9(10)5-6-12(20)16(14)22/h2-8H,1H3,(H,23,26)(H2,24,25,27). The summed E-state index contributed by atoms with van der Waals surface area (Å²) in [6.07, 6.45) is 1.30. The Hall–Kier alpha value is -3.00. The first-order valence-corrected chi connectivity index (χ1v) is 8.18. The second-order valence-electron chi connectivity index (χ2n) is 5.78. The zero-order valence-corrected chi connectivity index (χ0v) is 14.6. The highest BCUT2D eigenvalue weighted by Crippen LogP contribution is 2.25. The average Bonchev–Trinajstić information content (AvgIpc) is 2.62. The molecular weight excluding hydrogens is 383 g/mol. The molecule has 0 saturated carbocycles. The molecule has 5 nitrogen and oxygen atoms in total. The second kappa shape index (κ2) is 7.32. The molecular formula is C18H13ClF3N3O2. The molecule has 2 amide bonds. The first kappa shape index (κ1) is 18.8. The van der Waals surface area contributed by atoms with Crippen LogP contribution in [-0.4, -0.2) is 11.0 Å². The van der Waals surface area contributed by atoms with Crippen molar-refractivity contribution in [1.82, 2.24) is 10.3 Å². The molecule has 0 aliphatic rings. The summed E-state index contributed by atoms with van der Waals surface area (Å²) < 4.78 is 41.3. The summed E-state index contributed by atoms with van der Waals surface area (Å²) in [6, 6.07) is 4.83. The van der Waals surface area contributed by atoms with Gasteiger partial charge >= 0.3 is 6.03 Å². The largest absolute Gasteiger partial charge is 0.331 e. The molecule has 1 aromatic heterocycles. The topological polar surface area (TPSA) is 74.0 Å². The minimum absolute atomic E-state index is 0.119. The first-order chi connectivity index (χ1) is 12.8. The number of benzene rings is 2. The minimum Gasteiger partial charge on any atom is -0.331 e. The van der Waals surface area contributed by atoms with Gasteiger partial charge in [-0.2, -0.15) is 0 Å². The molecule has 140 valence electrons. The average molecular weight is 396 g/mol. The van der Waals surface area contributed by atoms with Gasteiger partial charge in [-0.15, -0.1) is 0 Å². The van der Waals surface area contributed by atoms with Gasteiger partial charge in [0.05, 0.1) is 22.1 Å². The van der Waals surface area contributed by atoms with E-state index < -0.39 is 40.5 Å². The Kier molecular flexibility index (Phi) is 5.09. The number of carbonyl (C=O) groups is 1. The number of hydrogen-bond donors (Lipinski definition) is 3. The van der Waals surface area contributed by atoms with Crippen molar-refractivity contribution in [2.75, 3.05) is 5.32 Å². The lowest BCUT2D eigenvalue weighted by Crippen LogP contribution is -2.32. The number of urea groups is 1. The summed E-state index contributed by atoms with van der Waals surface area (Å²) in [4.78, 5) is 26.3. The van der Waals surface area contributed by atoms with Gasteiger partial charge in [0, 0.05) is 6.20 Å². The van der Waals surface area contributed by atoms with E-state index in [-0.39, 0.29) is 16.1 Å². The molecule has 1 atom stereocenters. The predicted octanol–water partition coefficient (Wildman–Crippen LogP) is 4.48. The quantitative estimate of drug-likeness (QED) is 0.611. The van der Waals surface area contributed by atoms with E-state index in [2.05, 4.69) is 15.6 Å². The molecule has 0 radical (unpaired) electrons. The molecule has 0 bridgehead atoms. The van der Waals surface area contributed by atoms with Crippen LogP contribution >= 0.6 is 11.6 Å². The van der Waals surface area contributed by atoms with Crippen LogP contribution in [-0.2, 0) is 0 Å². The predicted molar refractivity (Wildman–Crippen MR) is 96.5 cm³/mol. The maximum absolute atomic E-state index is 14.0. The SMILES string of the molecule is CC(NC(=O)Nc1cccc(Cl)c1F)c1c[nH]c(=O)c2c(F)c(F)ccc12. The van der Waals surface area contributed by atoms with Crippen molar-refractivity contribution in [1.29, 1.82) is 0 Å². The van der Waals surface area contributed by atoms with E-state index in [1.807, 2.05) is 0 Å². The highest BCUT2D eigenvalue weighted by atomic mass is 35.5. The number of nitrogens with one attached hydrogen (secondary N) is 3. The van der Waals surface area contributed by atoms with Gasteiger partial charge in [-0.3, -0.25) is 4.79 Å². The molecule has 27 heavy (non-hydrogen) atoms. The number of carbonyl (C=O) groups excluding carboxylic acids is 1. The molecule has 0 aliphatic carbocycles. The highest BCUT2D eigenvalue weighted by molar-refractivity contribution is 6.31. The van der Waals surface area contributed by atoms with Crippen LogP contribution < -0.4 is 16.2 Å². The third-order valence-corrected chi connectivity index (χ3v) is 4.30. The van der Waals surface area contributed by atoms with Gasteiger partial charge in [-0.1, -0.05) is 23.7 Å². The van der Waals surface area contributed by atoms with E-state index in [1.54, 1.807) is 6.92 Å². The molecule has 3 rings (SSSR count). The van der Waals surface area contributed by atoms with Crippen LogP contribution in [0.5, 0.6) is 0 Å².